The van der Waals surface area contributed by atoms with Gasteiger partial charge in [-0.05, 0) is 17.7 Å². The van der Waals surface area contributed by atoms with Gasteiger partial charge in [0.25, 0.3) is 5.91 Å². The smallest absolute Gasteiger partial charge is 0.270 e. The lowest BCUT2D eigenvalue weighted by Gasteiger charge is -2.34. The van der Waals surface area contributed by atoms with Crippen LogP contribution in [0.2, 0.25) is 0 Å². The van der Waals surface area contributed by atoms with Crippen molar-refractivity contribution in [1.29, 1.82) is 0 Å². The van der Waals surface area contributed by atoms with Crippen molar-refractivity contribution >= 4 is 27.7 Å². The van der Waals surface area contributed by atoms with E-state index in [4.69, 9.17) is 0 Å². The van der Waals surface area contributed by atoms with Crippen LogP contribution >= 0.6 is 0 Å². The van der Waals surface area contributed by atoms with E-state index in [1.165, 1.54) is 5.56 Å². The van der Waals surface area contributed by atoms with Crippen LogP contribution in [0.25, 0.3) is 21.8 Å². The van der Waals surface area contributed by atoms with Gasteiger partial charge >= 0.3 is 0 Å². The number of rotatable bonds is 3. The topological polar surface area (TPSA) is 52.2 Å². The zero-order valence-electron chi connectivity index (χ0n) is 15.6. The number of fused-ring (bicyclic) bond motifs is 3. The molecule has 0 atom stereocenters. The van der Waals surface area contributed by atoms with Gasteiger partial charge in [0.2, 0.25) is 0 Å². The highest BCUT2D eigenvalue weighted by Crippen LogP contribution is 2.24. The van der Waals surface area contributed by atoms with Gasteiger partial charge in [0.05, 0.1) is 11.0 Å². The number of nitrogens with one attached hydrogen (secondary N) is 1. The molecule has 5 heteroatoms. The number of carbonyl (C=O) groups excluding carboxylic acids is 1. The van der Waals surface area contributed by atoms with Gasteiger partial charge in [-0.2, -0.15) is 0 Å². The SMILES string of the molecule is O=C(c1cc2ccc3cccnc3c2[nH]1)N1CCN(Cc2ccccc2)CC1. The maximum absolute atomic E-state index is 13.0. The van der Waals surface area contributed by atoms with E-state index < -0.39 is 0 Å². The molecule has 140 valence electrons. The molecule has 0 radical (unpaired) electrons. The first-order valence-electron chi connectivity index (χ1n) is 9.70. The van der Waals surface area contributed by atoms with Crippen molar-refractivity contribution in [2.24, 2.45) is 0 Å². The summed E-state index contributed by atoms with van der Waals surface area (Å²) >= 11 is 0. The minimum atomic E-state index is 0.0691. The van der Waals surface area contributed by atoms with Crippen molar-refractivity contribution in [1.82, 2.24) is 19.8 Å². The fourth-order valence-corrected chi connectivity index (χ4v) is 3.97. The molecule has 0 bridgehead atoms. The third-order valence-electron chi connectivity index (χ3n) is 5.51. The van der Waals surface area contributed by atoms with Gasteiger partial charge in [-0.15, -0.1) is 0 Å². The van der Waals surface area contributed by atoms with Crippen LogP contribution in [-0.4, -0.2) is 51.9 Å². The molecule has 5 nitrogen and oxygen atoms in total. The Morgan fingerprint density at radius 2 is 1.71 bits per heavy atom. The van der Waals surface area contributed by atoms with Crippen LogP contribution in [0.15, 0.2) is 66.9 Å². The molecule has 0 unspecified atom stereocenters. The molecule has 1 aliphatic heterocycles. The van der Waals surface area contributed by atoms with E-state index in [2.05, 4.69) is 45.2 Å². The maximum atomic E-state index is 13.0. The van der Waals surface area contributed by atoms with Gasteiger partial charge in [-0.3, -0.25) is 14.7 Å². The van der Waals surface area contributed by atoms with Crippen molar-refractivity contribution in [2.75, 3.05) is 26.2 Å². The van der Waals surface area contributed by atoms with Crippen molar-refractivity contribution in [2.45, 2.75) is 6.54 Å². The molecule has 0 spiro atoms. The highest BCUT2D eigenvalue weighted by atomic mass is 16.2. The average Bonchev–Trinajstić information content (AvgIpc) is 3.19. The summed E-state index contributed by atoms with van der Waals surface area (Å²) in [5.74, 6) is 0.0691. The summed E-state index contributed by atoms with van der Waals surface area (Å²) < 4.78 is 0. The van der Waals surface area contributed by atoms with Crippen molar-refractivity contribution in [3.8, 4) is 0 Å². The predicted molar refractivity (Wildman–Crippen MR) is 111 cm³/mol. The Morgan fingerprint density at radius 3 is 2.54 bits per heavy atom. The van der Waals surface area contributed by atoms with Gasteiger partial charge < -0.3 is 9.88 Å². The van der Waals surface area contributed by atoms with Crippen LogP contribution in [0.1, 0.15) is 16.1 Å². The number of H-pyrrole nitrogens is 1. The number of hydrogen-bond acceptors (Lipinski definition) is 3. The number of hydrogen-bond donors (Lipinski definition) is 1. The second kappa shape index (κ2) is 7.09. The minimum Gasteiger partial charge on any atom is -0.349 e. The number of piperazine rings is 1. The van der Waals surface area contributed by atoms with Gasteiger partial charge in [-0.25, -0.2) is 0 Å². The first-order chi connectivity index (χ1) is 13.8. The van der Waals surface area contributed by atoms with E-state index in [0.717, 1.165) is 54.5 Å². The third kappa shape index (κ3) is 3.14. The van der Waals surface area contributed by atoms with Crippen LogP contribution in [0, 0.1) is 0 Å². The molecule has 1 amide bonds. The summed E-state index contributed by atoms with van der Waals surface area (Å²) in [4.78, 5) is 25.2. The Balaban J connectivity index is 1.31. The lowest BCUT2D eigenvalue weighted by Crippen LogP contribution is -2.48. The Kier molecular flexibility index (Phi) is 4.29. The van der Waals surface area contributed by atoms with Gasteiger partial charge in [0.15, 0.2) is 0 Å². The quantitative estimate of drug-likeness (QED) is 0.599. The summed E-state index contributed by atoms with van der Waals surface area (Å²) in [7, 11) is 0. The van der Waals surface area contributed by atoms with Crippen LogP contribution in [0.4, 0.5) is 0 Å². The van der Waals surface area contributed by atoms with E-state index in [1.807, 2.05) is 35.2 Å². The number of benzene rings is 2. The molecule has 5 rings (SSSR count). The first-order valence-corrected chi connectivity index (χ1v) is 9.70. The summed E-state index contributed by atoms with van der Waals surface area (Å²) in [6.45, 7) is 4.23. The minimum absolute atomic E-state index is 0.0691. The molecule has 0 aliphatic carbocycles. The Morgan fingerprint density at radius 1 is 0.929 bits per heavy atom. The predicted octanol–water partition coefficient (Wildman–Crippen LogP) is 3.67. The van der Waals surface area contributed by atoms with E-state index >= 15 is 0 Å². The van der Waals surface area contributed by atoms with Crippen LogP contribution in [0.3, 0.4) is 0 Å². The van der Waals surface area contributed by atoms with E-state index in [-0.39, 0.29) is 5.91 Å². The molecule has 1 aliphatic rings. The normalized spacial score (nSPS) is 15.4. The molecule has 4 aromatic rings. The molecule has 1 saturated heterocycles. The maximum Gasteiger partial charge on any atom is 0.270 e. The Bertz CT molecular complexity index is 1130. The number of pyridine rings is 1. The Hall–Kier alpha value is -3.18. The summed E-state index contributed by atoms with van der Waals surface area (Å²) in [6.07, 6.45) is 1.79. The standard InChI is InChI=1S/C23H22N4O/c28-23(27-13-11-26(12-14-27)16-17-5-2-1-3-6-17)20-15-19-9-8-18-7-4-10-24-21(18)22(19)25-20/h1-10,15,25H,11-14,16H2. The third-order valence-corrected chi connectivity index (χ3v) is 5.51. The number of amides is 1. The number of carbonyl (C=O) groups is 1. The zero-order valence-corrected chi connectivity index (χ0v) is 15.6. The highest BCUT2D eigenvalue weighted by Gasteiger charge is 2.23. The highest BCUT2D eigenvalue weighted by molar-refractivity contribution is 6.07. The lowest BCUT2D eigenvalue weighted by molar-refractivity contribution is 0.0623. The molecule has 0 saturated carbocycles. The van der Waals surface area contributed by atoms with E-state index in [9.17, 15) is 4.79 Å². The molecular formula is C23H22N4O. The van der Waals surface area contributed by atoms with Crippen LogP contribution in [0.5, 0.6) is 0 Å². The summed E-state index contributed by atoms with van der Waals surface area (Å²) in [5, 5.41) is 2.10. The van der Waals surface area contributed by atoms with E-state index in [0.29, 0.717) is 5.69 Å². The molecule has 3 heterocycles. The monoisotopic (exact) mass is 370 g/mol. The fraction of sp³-hybridized carbons (Fsp3) is 0.217. The van der Waals surface area contributed by atoms with Gasteiger partial charge in [0, 0.05) is 49.7 Å². The number of aromatic nitrogens is 2. The lowest BCUT2D eigenvalue weighted by atomic mass is 10.1. The van der Waals surface area contributed by atoms with Crippen LogP contribution < -0.4 is 0 Å². The van der Waals surface area contributed by atoms with E-state index in [1.54, 1.807) is 6.20 Å². The molecule has 2 aromatic heterocycles. The molecule has 28 heavy (non-hydrogen) atoms. The first kappa shape index (κ1) is 17.0. The second-order valence-corrected chi connectivity index (χ2v) is 7.34. The Labute approximate surface area is 163 Å². The molecule has 1 N–H and O–H groups in total. The number of nitrogens with zero attached hydrogens (tertiary/aromatic N) is 3. The summed E-state index contributed by atoms with van der Waals surface area (Å²) in [6, 6.07) is 20.5. The van der Waals surface area contributed by atoms with Gasteiger partial charge in [-0.1, -0.05) is 48.5 Å². The molecule has 2 aromatic carbocycles. The van der Waals surface area contributed by atoms with Gasteiger partial charge in [0.1, 0.15) is 5.69 Å². The van der Waals surface area contributed by atoms with Crippen LogP contribution in [-0.2, 0) is 6.54 Å². The largest absolute Gasteiger partial charge is 0.349 e. The van der Waals surface area contributed by atoms with Crippen molar-refractivity contribution < 1.29 is 4.79 Å². The second-order valence-electron chi connectivity index (χ2n) is 7.34. The molecular weight excluding hydrogens is 348 g/mol. The number of aromatic amines is 1. The fourth-order valence-electron chi connectivity index (χ4n) is 3.97. The van der Waals surface area contributed by atoms with Crippen molar-refractivity contribution in [3.05, 3.63) is 78.1 Å². The average molecular weight is 370 g/mol. The van der Waals surface area contributed by atoms with Crippen molar-refractivity contribution in [3.63, 3.8) is 0 Å². The summed E-state index contributed by atoms with van der Waals surface area (Å²) in [5.41, 5.74) is 3.80. The zero-order chi connectivity index (χ0) is 18.9. The molecule has 1 fully saturated rings.